The summed E-state index contributed by atoms with van der Waals surface area (Å²) in [4.78, 5) is 30.2. The lowest BCUT2D eigenvalue weighted by Gasteiger charge is -2.34. The SMILES string of the molecule is Cc1ccccc1N(CC(=O)N(Cc1ccccc1Cl)[C@@H](Cc1ccccc1)C(=O)NC1CCCC1)S(=O)(=O)c1ccccc1. The molecule has 0 unspecified atom stereocenters. The second-order valence-electron chi connectivity index (χ2n) is 11.4. The van der Waals surface area contributed by atoms with Gasteiger partial charge in [0.1, 0.15) is 12.6 Å². The molecule has 1 fully saturated rings. The summed E-state index contributed by atoms with van der Waals surface area (Å²) >= 11 is 6.59. The summed E-state index contributed by atoms with van der Waals surface area (Å²) < 4.78 is 29.4. The highest BCUT2D eigenvalue weighted by Crippen LogP contribution is 2.28. The van der Waals surface area contributed by atoms with Crippen molar-refractivity contribution in [1.29, 1.82) is 0 Å². The van der Waals surface area contributed by atoms with Crippen molar-refractivity contribution in [3.05, 3.63) is 131 Å². The van der Waals surface area contributed by atoms with Crippen LogP contribution in [-0.2, 0) is 32.6 Å². The highest BCUT2D eigenvalue weighted by atomic mass is 35.5. The zero-order valence-corrected chi connectivity index (χ0v) is 26.9. The van der Waals surface area contributed by atoms with E-state index in [0.717, 1.165) is 35.6 Å². The first kappa shape index (κ1) is 32.3. The molecule has 1 aliphatic rings. The molecule has 0 radical (unpaired) electrons. The molecule has 0 bridgehead atoms. The predicted octanol–water partition coefficient (Wildman–Crippen LogP) is 6.54. The third kappa shape index (κ3) is 7.93. The van der Waals surface area contributed by atoms with Crippen LogP contribution in [0.2, 0.25) is 5.02 Å². The van der Waals surface area contributed by atoms with Crippen LogP contribution in [-0.4, -0.2) is 43.8 Å². The monoisotopic (exact) mass is 643 g/mol. The lowest BCUT2D eigenvalue weighted by atomic mass is 10.0. The van der Waals surface area contributed by atoms with Gasteiger partial charge < -0.3 is 10.2 Å². The van der Waals surface area contributed by atoms with Crippen LogP contribution in [0.1, 0.15) is 42.4 Å². The van der Waals surface area contributed by atoms with Crippen LogP contribution >= 0.6 is 11.6 Å². The number of para-hydroxylation sites is 1. The van der Waals surface area contributed by atoms with Crippen LogP contribution in [0.4, 0.5) is 5.69 Å². The van der Waals surface area contributed by atoms with Crippen molar-refractivity contribution in [3.63, 3.8) is 0 Å². The fourth-order valence-corrected chi connectivity index (χ4v) is 7.50. The maximum absolute atomic E-state index is 14.6. The summed E-state index contributed by atoms with van der Waals surface area (Å²) in [7, 11) is -4.15. The number of nitrogens with one attached hydrogen (secondary N) is 1. The van der Waals surface area contributed by atoms with Gasteiger partial charge in [0.15, 0.2) is 0 Å². The number of aryl methyl sites for hydroxylation is 1. The van der Waals surface area contributed by atoms with Gasteiger partial charge in [-0.3, -0.25) is 13.9 Å². The number of hydrogen-bond donors (Lipinski definition) is 1. The van der Waals surface area contributed by atoms with Gasteiger partial charge in [-0.1, -0.05) is 109 Å². The predicted molar refractivity (Wildman–Crippen MR) is 178 cm³/mol. The van der Waals surface area contributed by atoms with E-state index >= 15 is 0 Å². The van der Waals surface area contributed by atoms with Crippen LogP contribution in [0.15, 0.2) is 114 Å². The molecule has 2 amide bonds. The Morgan fingerprint density at radius 2 is 1.44 bits per heavy atom. The first-order chi connectivity index (χ1) is 21.7. The van der Waals surface area contributed by atoms with Crippen molar-refractivity contribution >= 4 is 39.1 Å². The molecule has 4 aromatic carbocycles. The van der Waals surface area contributed by atoms with Gasteiger partial charge in [0, 0.05) is 24.0 Å². The van der Waals surface area contributed by atoms with Gasteiger partial charge in [0.2, 0.25) is 11.8 Å². The molecule has 9 heteroatoms. The number of amides is 2. The number of hydrogen-bond acceptors (Lipinski definition) is 4. The van der Waals surface area contributed by atoms with E-state index in [0.29, 0.717) is 21.8 Å². The van der Waals surface area contributed by atoms with Gasteiger partial charge in [-0.2, -0.15) is 0 Å². The van der Waals surface area contributed by atoms with E-state index in [2.05, 4.69) is 5.32 Å². The molecule has 0 spiro atoms. The Labute approximate surface area is 270 Å². The van der Waals surface area contributed by atoms with Gasteiger partial charge in [0.05, 0.1) is 10.6 Å². The smallest absolute Gasteiger partial charge is 0.264 e. The summed E-state index contributed by atoms with van der Waals surface area (Å²) in [5.74, 6) is -0.778. The molecular weight excluding hydrogens is 606 g/mol. The largest absolute Gasteiger partial charge is 0.352 e. The average Bonchev–Trinajstić information content (AvgIpc) is 3.56. The maximum atomic E-state index is 14.6. The van der Waals surface area contributed by atoms with E-state index in [-0.39, 0.29) is 29.8 Å². The summed E-state index contributed by atoms with van der Waals surface area (Å²) in [6.45, 7) is 1.33. The van der Waals surface area contributed by atoms with Crippen LogP contribution in [0, 0.1) is 6.92 Å². The molecule has 5 rings (SSSR count). The molecule has 0 aromatic heterocycles. The first-order valence-electron chi connectivity index (χ1n) is 15.2. The van der Waals surface area contributed by atoms with E-state index in [9.17, 15) is 18.0 Å². The number of benzene rings is 4. The summed E-state index contributed by atoms with van der Waals surface area (Å²) in [5, 5.41) is 3.64. The zero-order valence-electron chi connectivity index (χ0n) is 25.3. The quantitative estimate of drug-likeness (QED) is 0.190. The number of nitrogens with zero attached hydrogens (tertiary/aromatic N) is 2. The Bertz CT molecular complexity index is 1710. The number of rotatable bonds is 12. The highest BCUT2D eigenvalue weighted by Gasteiger charge is 2.36. The van der Waals surface area contributed by atoms with Gasteiger partial charge >= 0.3 is 0 Å². The molecule has 4 aromatic rings. The van der Waals surface area contributed by atoms with E-state index < -0.39 is 28.5 Å². The molecule has 1 atom stereocenters. The first-order valence-corrected chi connectivity index (χ1v) is 17.1. The van der Waals surface area contributed by atoms with Crippen molar-refractivity contribution in [1.82, 2.24) is 10.2 Å². The molecule has 0 heterocycles. The van der Waals surface area contributed by atoms with Crippen molar-refractivity contribution < 1.29 is 18.0 Å². The van der Waals surface area contributed by atoms with Gasteiger partial charge in [-0.25, -0.2) is 8.42 Å². The summed E-state index contributed by atoms with van der Waals surface area (Å²) in [6, 6.07) is 31.0. The third-order valence-electron chi connectivity index (χ3n) is 8.27. The Kier molecular flexibility index (Phi) is 10.6. The van der Waals surface area contributed by atoms with Crippen molar-refractivity contribution in [3.8, 4) is 0 Å². The Morgan fingerprint density at radius 3 is 2.11 bits per heavy atom. The lowest BCUT2D eigenvalue weighted by Crippen LogP contribution is -2.54. The van der Waals surface area contributed by atoms with Gasteiger partial charge in [-0.15, -0.1) is 0 Å². The molecule has 0 aliphatic heterocycles. The maximum Gasteiger partial charge on any atom is 0.264 e. The number of carbonyl (C=O) groups excluding carboxylic acids is 2. The van der Waals surface area contributed by atoms with E-state index in [1.54, 1.807) is 42.5 Å². The minimum absolute atomic E-state index is 0.0289. The Hall–Kier alpha value is -4.14. The van der Waals surface area contributed by atoms with Crippen LogP contribution in [0.3, 0.4) is 0 Å². The second kappa shape index (κ2) is 14.8. The number of carbonyl (C=O) groups is 2. The number of sulfonamides is 1. The molecular formula is C36H38ClN3O4S. The minimum atomic E-state index is -4.15. The topological polar surface area (TPSA) is 86.8 Å². The molecule has 45 heavy (non-hydrogen) atoms. The van der Waals surface area contributed by atoms with Crippen LogP contribution in [0.5, 0.6) is 0 Å². The number of halogens is 1. The van der Waals surface area contributed by atoms with E-state index in [1.807, 2.05) is 61.5 Å². The fourth-order valence-electron chi connectivity index (χ4n) is 5.81. The number of anilines is 1. The Morgan fingerprint density at radius 1 is 0.844 bits per heavy atom. The minimum Gasteiger partial charge on any atom is -0.352 e. The summed E-state index contributed by atoms with van der Waals surface area (Å²) in [6.07, 6.45) is 4.11. The average molecular weight is 644 g/mol. The summed E-state index contributed by atoms with van der Waals surface area (Å²) in [5.41, 5.74) is 2.63. The van der Waals surface area contributed by atoms with Crippen molar-refractivity contribution in [2.45, 2.75) is 62.6 Å². The highest BCUT2D eigenvalue weighted by molar-refractivity contribution is 7.92. The molecule has 1 N–H and O–H groups in total. The van der Waals surface area contributed by atoms with E-state index in [1.165, 1.54) is 17.0 Å². The molecule has 1 saturated carbocycles. The molecule has 234 valence electrons. The van der Waals surface area contributed by atoms with Crippen LogP contribution in [0.25, 0.3) is 0 Å². The standard InChI is InChI=1S/C36H38ClN3O4S/c1-27-14-8-13-23-33(27)40(45(43,44)31-20-6-3-7-21-31)26-35(41)39(25-29-17-9-12-22-32(29)37)34(24-28-15-4-2-5-16-28)36(42)38-30-18-10-11-19-30/h2-9,12-17,20-23,30,34H,10-11,18-19,24-26H2,1H3,(H,38,42)/t34-/m0/s1. The van der Waals surface area contributed by atoms with Gasteiger partial charge in [-0.05, 0) is 60.7 Å². The lowest BCUT2D eigenvalue weighted by molar-refractivity contribution is -0.140. The molecule has 7 nitrogen and oxygen atoms in total. The Balaban J connectivity index is 1.57. The van der Waals surface area contributed by atoms with Crippen molar-refractivity contribution in [2.24, 2.45) is 0 Å². The van der Waals surface area contributed by atoms with Crippen LogP contribution < -0.4 is 9.62 Å². The molecule has 1 aliphatic carbocycles. The van der Waals surface area contributed by atoms with Gasteiger partial charge in [0.25, 0.3) is 10.0 Å². The third-order valence-corrected chi connectivity index (χ3v) is 10.4. The normalized spacial score (nSPS) is 14.1. The zero-order chi connectivity index (χ0) is 31.8. The van der Waals surface area contributed by atoms with E-state index in [4.69, 9.17) is 11.6 Å². The van der Waals surface area contributed by atoms with Crippen molar-refractivity contribution in [2.75, 3.05) is 10.8 Å². The molecule has 0 saturated heterocycles. The second-order valence-corrected chi connectivity index (χ2v) is 13.7. The fraction of sp³-hybridized carbons (Fsp3) is 0.278.